The Balaban J connectivity index is 1.78. The van der Waals surface area contributed by atoms with Crippen molar-refractivity contribution in [2.75, 3.05) is 12.3 Å². The van der Waals surface area contributed by atoms with Crippen LogP contribution in [-0.4, -0.2) is 24.0 Å². The lowest BCUT2D eigenvalue weighted by Gasteiger charge is -2.19. The standard InChI is InChI=1S/C18H29NOS/c1-14(2)11-19-12-15-6-5-7-17(10-15)21-13-16-8-9-18(3,4)20-16/h5-7,10,14,16,19H,8-9,11-13H2,1-4H3. The molecular weight excluding hydrogens is 278 g/mol. The van der Waals surface area contributed by atoms with E-state index in [1.807, 2.05) is 11.8 Å². The van der Waals surface area contributed by atoms with E-state index in [-0.39, 0.29) is 5.60 Å². The molecule has 0 radical (unpaired) electrons. The van der Waals surface area contributed by atoms with Gasteiger partial charge in [0.15, 0.2) is 0 Å². The van der Waals surface area contributed by atoms with E-state index in [1.54, 1.807) is 0 Å². The second-order valence-electron chi connectivity index (χ2n) is 7.02. The Morgan fingerprint density at radius 2 is 2.19 bits per heavy atom. The summed E-state index contributed by atoms with van der Waals surface area (Å²) in [7, 11) is 0. The second-order valence-corrected chi connectivity index (χ2v) is 8.11. The number of rotatable bonds is 7. The SMILES string of the molecule is CC(C)CNCc1cccc(SCC2CCC(C)(C)O2)c1. The van der Waals surface area contributed by atoms with E-state index in [4.69, 9.17) is 4.74 Å². The van der Waals surface area contributed by atoms with Gasteiger partial charge in [-0.2, -0.15) is 0 Å². The Morgan fingerprint density at radius 1 is 1.38 bits per heavy atom. The fraction of sp³-hybridized carbons (Fsp3) is 0.667. The second kappa shape index (κ2) is 7.66. The predicted octanol–water partition coefficient (Wildman–Crippen LogP) is 4.48. The van der Waals surface area contributed by atoms with Crippen LogP contribution in [0.25, 0.3) is 0 Å². The van der Waals surface area contributed by atoms with Gasteiger partial charge in [-0.15, -0.1) is 11.8 Å². The zero-order valence-corrected chi connectivity index (χ0v) is 14.6. The van der Waals surface area contributed by atoms with Gasteiger partial charge in [-0.1, -0.05) is 26.0 Å². The van der Waals surface area contributed by atoms with Crippen LogP contribution in [0, 0.1) is 5.92 Å². The van der Waals surface area contributed by atoms with E-state index in [9.17, 15) is 0 Å². The first-order chi connectivity index (χ1) is 9.94. The van der Waals surface area contributed by atoms with Crippen LogP contribution in [0.15, 0.2) is 29.2 Å². The zero-order chi connectivity index (χ0) is 15.3. The van der Waals surface area contributed by atoms with Gasteiger partial charge in [0.2, 0.25) is 0 Å². The Bertz CT molecular complexity index is 445. The molecule has 1 aromatic rings. The van der Waals surface area contributed by atoms with Crippen LogP contribution in [-0.2, 0) is 11.3 Å². The van der Waals surface area contributed by atoms with Crippen LogP contribution in [0.3, 0.4) is 0 Å². The Kier molecular flexibility index (Phi) is 6.15. The van der Waals surface area contributed by atoms with E-state index in [0.29, 0.717) is 12.0 Å². The summed E-state index contributed by atoms with van der Waals surface area (Å²) in [6.07, 6.45) is 2.78. The van der Waals surface area contributed by atoms with E-state index in [1.165, 1.54) is 23.3 Å². The van der Waals surface area contributed by atoms with Gasteiger partial charge in [0.25, 0.3) is 0 Å². The number of thioether (sulfide) groups is 1. The summed E-state index contributed by atoms with van der Waals surface area (Å²) in [5.74, 6) is 1.76. The summed E-state index contributed by atoms with van der Waals surface area (Å²) in [6.45, 7) is 10.9. The topological polar surface area (TPSA) is 21.3 Å². The van der Waals surface area contributed by atoms with Crippen LogP contribution >= 0.6 is 11.8 Å². The Hall–Kier alpha value is -0.510. The van der Waals surface area contributed by atoms with Crippen molar-refractivity contribution in [1.29, 1.82) is 0 Å². The van der Waals surface area contributed by atoms with Gasteiger partial charge >= 0.3 is 0 Å². The number of nitrogens with one attached hydrogen (secondary N) is 1. The van der Waals surface area contributed by atoms with Gasteiger partial charge in [-0.25, -0.2) is 0 Å². The molecule has 3 heteroatoms. The molecule has 118 valence electrons. The van der Waals surface area contributed by atoms with Crippen LogP contribution in [0.4, 0.5) is 0 Å². The van der Waals surface area contributed by atoms with Gasteiger partial charge < -0.3 is 10.1 Å². The van der Waals surface area contributed by atoms with Gasteiger partial charge in [0, 0.05) is 17.2 Å². The third-order valence-corrected chi connectivity index (χ3v) is 4.90. The highest BCUT2D eigenvalue weighted by atomic mass is 32.2. The normalized spacial score (nSPS) is 21.1. The maximum absolute atomic E-state index is 6.06. The number of ether oxygens (including phenoxy) is 1. The molecule has 1 fully saturated rings. The van der Waals surface area contributed by atoms with Crippen LogP contribution in [0.2, 0.25) is 0 Å². The van der Waals surface area contributed by atoms with Gasteiger partial charge in [-0.05, 0) is 56.8 Å². The number of benzene rings is 1. The smallest absolute Gasteiger partial charge is 0.0677 e. The number of hydrogen-bond donors (Lipinski definition) is 1. The van der Waals surface area contributed by atoms with Gasteiger partial charge in [0.1, 0.15) is 0 Å². The minimum absolute atomic E-state index is 0.0772. The third kappa shape index (κ3) is 6.01. The first-order valence-electron chi connectivity index (χ1n) is 8.05. The molecule has 0 aliphatic carbocycles. The Labute approximate surface area is 134 Å². The van der Waals surface area contributed by atoms with E-state index < -0.39 is 0 Å². The zero-order valence-electron chi connectivity index (χ0n) is 13.8. The fourth-order valence-corrected chi connectivity index (χ4v) is 3.66. The molecule has 1 aliphatic rings. The van der Waals surface area contributed by atoms with E-state index >= 15 is 0 Å². The Morgan fingerprint density at radius 3 is 2.86 bits per heavy atom. The summed E-state index contributed by atoms with van der Waals surface area (Å²) in [4.78, 5) is 1.35. The van der Waals surface area contributed by atoms with Gasteiger partial charge in [0.05, 0.1) is 11.7 Å². The van der Waals surface area contributed by atoms with Crippen molar-refractivity contribution in [3.8, 4) is 0 Å². The molecule has 1 unspecified atom stereocenters. The van der Waals surface area contributed by atoms with Crippen molar-refractivity contribution in [2.45, 2.75) is 63.7 Å². The summed E-state index contributed by atoms with van der Waals surface area (Å²) in [5, 5.41) is 3.50. The molecule has 0 spiro atoms. The molecule has 0 amide bonds. The largest absolute Gasteiger partial charge is 0.371 e. The maximum atomic E-state index is 6.06. The first-order valence-corrected chi connectivity index (χ1v) is 9.03. The van der Waals surface area contributed by atoms with Crippen LogP contribution in [0.1, 0.15) is 46.1 Å². The summed E-state index contributed by atoms with van der Waals surface area (Å²) < 4.78 is 6.06. The molecule has 1 saturated heterocycles. The first kappa shape index (κ1) is 16.9. The third-order valence-electron chi connectivity index (χ3n) is 3.77. The van der Waals surface area contributed by atoms with Crippen LogP contribution in [0.5, 0.6) is 0 Å². The maximum Gasteiger partial charge on any atom is 0.0677 e. The summed E-state index contributed by atoms with van der Waals surface area (Å²) in [5.41, 5.74) is 1.45. The molecule has 0 saturated carbocycles. The molecule has 1 atom stereocenters. The molecule has 2 rings (SSSR count). The molecule has 21 heavy (non-hydrogen) atoms. The van der Waals surface area contributed by atoms with Crippen molar-refractivity contribution in [3.63, 3.8) is 0 Å². The molecule has 1 heterocycles. The molecule has 0 aromatic heterocycles. The van der Waals surface area contributed by atoms with E-state index in [0.717, 1.165) is 18.8 Å². The van der Waals surface area contributed by atoms with Gasteiger partial charge in [-0.3, -0.25) is 0 Å². The van der Waals surface area contributed by atoms with Crippen LogP contribution < -0.4 is 5.32 Å². The molecule has 2 nitrogen and oxygen atoms in total. The summed E-state index contributed by atoms with van der Waals surface area (Å²) in [6, 6.07) is 8.87. The van der Waals surface area contributed by atoms with Crippen molar-refractivity contribution >= 4 is 11.8 Å². The number of hydrogen-bond acceptors (Lipinski definition) is 3. The average Bonchev–Trinajstić information content (AvgIpc) is 2.76. The highest BCUT2D eigenvalue weighted by Gasteiger charge is 2.31. The molecule has 1 aliphatic heterocycles. The molecule has 1 N–H and O–H groups in total. The fourth-order valence-electron chi connectivity index (χ4n) is 2.63. The minimum atomic E-state index is 0.0772. The highest BCUT2D eigenvalue weighted by molar-refractivity contribution is 7.99. The average molecular weight is 308 g/mol. The lowest BCUT2D eigenvalue weighted by Crippen LogP contribution is -2.21. The van der Waals surface area contributed by atoms with Crippen molar-refractivity contribution in [3.05, 3.63) is 29.8 Å². The van der Waals surface area contributed by atoms with Crippen molar-refractivity contribution in [1.82, 2.24) is 5.32 Å². The molecule has 0 bridgehead atoms. The van der Waals surface area contributed by atoms with Crippen molar-refractivity contribution < 1.29 is 4.74 Å². The summed E-state index contributed by atoms with van der Waals surface area (Å²) >= 11 is 1.92. The molecule has 1 aromatic carbocycles. The lowest BCUT2D eigenvalue weighted by molar-refractivity contribution is -0.00466. The van der Waals surface area contributed by atoms with E-state index in [2.05, 4.69) is 57.3 Å². The van der Waals surface area contributed by atoms with Crippen molar-refractivity contribution in [2.24, 2.45) is 5.92 Å². The molecular formula is C18H29NOS. The quantitative estimate of drug-likeness (QED) is 0.750. The highest BCUT2D eigenvalue weighted by Crippen LogP contribution is 2.32. The predicted molar refractivity (Wildman–Crippen MR) is 91.9 cm³/mol. The monoisotopic (exact) mass is 307 g/mol. The lowest BCUT2D eigenvalue weighted by atomic mass is 10.1. The minimum Gasteiger partial charge on any atom is -0.371 e.